The molecule has 96 valence electrons. The van der Waals surface area contributed by atoms with Gasteiger partial charge in [0.1, 0.15) is 0 Å². The van der Waals surface area contributed by atoms with Gasteiger partial charge >= 0.3 is 12.0 Å². The fraction of sp³-hybridized carbons (Fsp3) is 0.300. The second kappa shape index (κ2) is 5.71. The average molecular weight is 254 g/mol. The van der Waals surface area contributed by atoms with Gasteiger partial charge in [0.25, 0.3) is 5.69 Å². The van der Waals surface area contributed by atoms with Crippen LogP contribution in [0.15, 0.2) is 24.3 Å². The lowest BCUT2D eigenvalue weighted by Gasteiger charge is -2.06. The smallest absolute Gasteiger partial charge is 0.381 e. The van der Waals surface area contributed by atoms with E-state index in [2.05, 4.69) is 4.74 Å². The highest BCUT2D eigenvalue weighted by Crippen LogP contribution is 2.14. The van der Waals surface area contributed by atoms with Crippen molar-refractivity contribution in [2.75, 3.05) is 7.11 Å². The van der Waals surface area contributed by atoms with E-state index >= 15 is 0 Å². The largest absolute Gasteiger partial charge is 0.464 e. The first-order chi connectivity index (χ1) is 8.45. The Morgan fingerprint density at radius 2 is 1.83 bits per heavy atom. The number of ether oxygens (including phenoxy) is 1. The van der Waals surface area contributed by atoms with Gasteiger partial charge in [0.05, 0.1) is 18.5 Å². The van der Waals surface area contributed by atoms with Gasteiger partial charge in [-0.25, -0.2) is 4.79 Å². The number of carbonyl (C=O) groups is 1. The van der Waals surface area contributed by atoms with E-state index in [1.165, 1.54) is 24.3 Å². The summed E-state index contributed by atoms with van der Waals surface area (Å²) in [5.41, 5.74) is 0.335. The Balaban J connectivity index is 2.85. The van der Waals surface area contributed by atoms with Crippen molar-refractivity contribution in [3.05, 3.63) is 50.1 Å². The molecule has 8 heteroatoms. The summed E-state index contributed by atoms with van der Waals surface area (Å²) in [6.07, 6.45) is -0.169. The number of methoxy groups -OCH3 is 1. The van der Waals surface area contributed by atoms with Crippen LogP contribution in [0.3, 0.4) is 0 Å². The Morgan fingerprint density at radius 1 is 1.28 bits per heavy atom. The van der Waals surface area contributed by atoms with E-state index < -0.39 is 21.9 Å². The summed E-state index contributed by atoms with van der Waals surface area (Å²) in [4.78, 5) is 30.9. The predicted octanol–water partition coefficient (Wildman–Crippen LogP) is 0.956. The first-order valence-electron chi connectivity index (χ1n) is 4.90. The maximum absolute atomic E-state index is 11.2. The zero-order valence-electron chi connectivity index (χ0n) is 9.44. The summed E-state index contributed by atoms with van der Waals surface area (Å²) in [5, 5.41) is 21.1. The van der Waals surface area contributed by atoms with Gasteiger partial charge in [0.15, 0.2) is 0 Å². The fourth-order valence-corrected chi connectivity index (χ4v) is 1.36. The molecule has 0 heterocycles. The molecule has 0 aliphatic rings. The third-order valence-corrected chi connectivity index (χ3v) is 2.30. The highest BCUT2D eigenvalue weighted by molar-refractivity contribution is 5.74. The van der Waals surface area contributed by atoms with Gasteiger partial charge in [-0.1, -0.05) is 12.1 Å². The summed E-state index contributed by atoms with van der Waals surface area (Å²) in [7, 11) is 1.06. The molecule has 1 atom stereocenters. The number of carbonyl (C=O) groups excluding carboxylic acids is 1. The van der Waals surface area contributed by atoms with Gasteiger partial charge in [0.2, 0.25) is 0 Å². The monoisotopic (exact) mass is 254 g/mol. The standard InChI is InChI=1S/C10H10N2O6/c1-18-10(13)9(12(16)17)6-7-2-4-8(5-3-7)11(14)15/h2-5,9H,6H2,1H3. The molecule has 0 saturated heterocycles. The number of hydrogen-bond donors (Lipinski definition) is 0. The zero-order chi connectivity index (χ0) is 13.7. The van der Waals surface area contributed by atoms with Crippen LogP contribution in [0, 0.1) is 20.2 Å². The molecule has 0 spiro atoms. The number of nitro benzene ring substituents is 1. The third-order valence-electron chi connectivity index (χ3n) is 2.30. The molecule has 0 fully saturated rings. The second-order valence-electron chi connectivity index (χ2n) is 3.45. The Morgan fingerprint density at radius 3 is 2.22 bits per heavy atom. The number of hydrogen-bond acceptors (Lipinski definition) is 6. The molecule has 1 aromatic carbocycles. The Bertz CT molecular complexity index is 470. The molecule has 1 unspecified atom stereocenters. The van der Waals surface area contributed by atoms with Crippen LogP contribution in [-0.2, 0) is 16.0 Å². The van der Waals surface area contributed by atoms with E-state index in [4.69, 9.17) is 0 Å². The van der Waals surface area contributed by atoms with Crippen molar-refractivity contribution >= 4 is 11.7 Å². The maximum Gasteiger partial charge on any atom is 0.381 e. The van der Waals surface area contributed by atoms with E-state index in [1.54, 1.807) is 0 Å². The lowest BCUT2D eigenvalue weighted by molar-refractivity contribution is -0.509. The number of esters is 1. The van der Waals surface area contributed by atoms with Crippen molar-refractivity contribution in [2.24, 2.45) is 0 Å². The van der Waals surface area contributed by atoms with Gasteiger partial charge in [-0.3, -0.25) is 20.2 Å². The molecule has 0 amide bonds. The van der Waals surface area contributed by atoms with Crippen LogP contribution in [0.25, 0.3) is 0 Å². The van der Waals surface area contributed by atoms with Gasteiger partial charge in [-0.15, -0.1) is 0 Å². The quantitative estimate of drug-likeness (QED) is 0.439. The molecular weight excluding hydrogens is 244 g/mol. The predicted molar refractivity (Wildman–Crippen MR) is 59.6 cm³/mol. The molecule has 8 nitrogen and oxygen atoms in total. The molecule has 0 aliphatic heterocycles. The third kappa shape index (κ3) is 3.24. The topological polar surface area (TPSA) is 113 Å². The van der Waals surface area contributed by atoms with Gasteiger partial charge in [-0.2, -0.15) is 0 Å². The average Bonchev–Trinajstić information content (AvgIpc) is 2.35. The van der Waals surface area contributed by atoms with Crippen LogP contribution < -0.4 is 0 Å². The minimum absolute atomic E-state index is 0.116. The minimum atomic E-state index is -1.50. The molecule has 0 aliphatic carbocycles. The number of rotatable bonds is 5. The zero-order valence-corrected chi connectivity index (χ0v) is 9.44. The highest BCUT2D eigenvalue weighted by atomic mass is 16.6. The highest BCUT2D eigenvalue weighted by Gasteiger charge is 2.30. The van der Waals surface area contributed by atoms with E-state index in [-0.39, 0.29) is 12.1 Å². The van der Waals surface area contributed by atoms with Gasteiger partial charge in [0, 0.05) is 17.1 Å². The van der Waals surface area contributed by atoms with Crippen LogP contribution in [0.2, 0.25) is 0 Å². The van der Waals surface area contributed by atoms with Crippen LogP contribution in [0.4, 0.5) is 5.69 Å². The Hall–Kier alpha value is -2.51. The molecular formula is C10H10N2O6. The molecule has 0 bridgehead atoms. The summed E-state index contributed by atoms with van der Waals surface area (Å²) >= 11 is 0. The summed E-state index contributed by atoms with van der Waals surface area (Å²) in [6.45, 7) is 0. The molecule has 0 saturated carbocycles. The van der Waals surface area contributed by atoms with E-state index in [9.17, 15) is 25.0 Å². The molecule has 0 aromatic heterocycles. The Kier molecular flexibility index (Phi) is 4.30. The molecule has 1 aromatic rings. The molecule has 0 radical (unpaired) electrons. The van der Waals surface area contributed by atoms with Crippen molar-refractivity contribution in [1.29, 1.82) is 0 Å². The molecule has 1 rings (SSSR count). The number of nitro groups is 2. The normalized spacial score (nSPS) is 11.6. The number of non-ortho nitro benzene ring substituents is 1. The van der Waals surface area contributed by atoms with Crippen LogP contribution in [0.1, 0.15) is 5.56 Å². The number of benzene rings is 1. The summed E-state index contributed by atoms with van der Waals surface area (Å²) in [5.74, 6) is -0.946. The lowest BCUT2D eigenvalue weighted by atomic mass is 10.1. The van der Waals surface area contributed by atoms with Gasteiger partial charge < -0.3 is 4.74 Å². The molecule has 18 heavy (non-hydrogen) atoms. The van der Waals surface area contributed by atoms with E-state index in [0.29, 0.717) is 5.56 Å². The van der Waals surface area contributed by atoms with Crippen LogP contribution >= 0.6 is 0 Å². The van der Waals surface area contributed by atoms with Crippen molar-refractivity contribution < 1.29 is 19.4 Å². The molecule has 0 N–H and O–H groups in total. The lowest BCUT2D eigenvalue weighted by Crippen LogP contribution is -2.32. The fourth-order valence-electron chi connectivity index (χ4n) is 1.36. The maximum atomic E-state index is 11.2. The van der Waals surface area contributed by atoms with Crippen LogP contribution in [-0.4, -0.2) is 29.0 Å². The van der Waals surface area contributed by atoms with E-state index in [1.807, 2.05) is 0 Å². The minimum Gasteiger partial charge on any atom is -0.464 e. The Labute approximate surface area is 101 Å². The summed E-state index contributed by atoms with van der Waals surface area (Å²) in [6, 6.07) is 3.69. The van der Waals surface area contributed by atoms with Crippen molar-refractivity contribution in [1.82, 2.24) is 0 Å². The first kappa shape index (κ1) is 13.6. The van der Waals surface area contributed by atoms with Gasteiger partial charge in [-0.05, 0) is 5.56 Å². The number of nitrogens with zero attached hydrogens (tertiary/aromatic N) is 2. The van der Waals surface area contributed by atoms with Crippen molar-refractivity contribution in [3.63, 3.8) is 0 Å². The van der Waals surface area contributed by atoms with Crippen LogP contribution in [0.5, 0.6) is 0 Å². The first-order valence-corrected chi connectivity index (χ1v) is 4.90. The van der Waals surface area contributed by atoms with Crippen molar-refractivity contribution in [3.8, 4) is 0 Å². The van der Waals surface area contributed by atoms with E-state index in [0.717, 1.165) is 7.11 Å². The SMILES string of the molecule is COC(=O)C(Cc1ccc([N+](=O)[O-])cc1)[N+](=O)[O-]. The van der Waals surface area contributed by atoms with Crippen molar-refractivity contribution in [2.45, 2.75) is 12.5 Å². The summed E-state index contributed by atoms with van der Waals surface area (Å²) < 4.78 is 4.32. The second-order valence-corrected chi connectivity index (χ2v) is 3.45.